The molecule has 1 atom stereocenters. The number of benzene rings is 1. The quantitative estimate of drug-likeness (QED) is 0.580. The number of pyridine rings is 1. The zero-order valence-corrected chi connectivity index (χ0v) is 18.8. The van der Waals surface area contributed by atoms with Crippen LogP contribution >= 0.6 is 0 Å². The number of amides is 1. The predicted octanol–water partition coefficient (Wildman–Crippen LogP) is 4.25. The smallest absolute Gasteiger partial charge is 0.244 e. The molecule has 8 nitrogen and oxygen atoms in total. The molecule has 0 fully saturated rings. The third kappa shape index (κ3) is 4.77. The van der Waals surface area contributed by atoms with Gasteiger partial charge >= 0.3 is 0 Å². The van der Waals surface area contributed by atoms with Gasteiger partial charge in [0.2, 0.25) is 11.8 Å². The van der Waals surface area contributed by atoms with E-state index in [1.807, 2.05) is 77.7 Å². The Morgan fingerprint density at radius 1 is 1.00 bits per heavy atom. The lowest BCUT2D eigenvalue weighted by molar-refractivity contribution is -0.120. The molecule has 2 bridgehead atoms. The molecule has 1 unspecified atom stereocenters. The number of fused-ring (bicyclic) bond motifs is 4. The standard InChI is InChI=1S/C27H23N5O3/c28-26(33)24-17-20-18-32(24)15-12-29-19-34-16-8-4-2-1-3-7-13-31-14-11-22-21-9-5-6-10-23(21)30-27(35-20)25(22)31/h1-17,19,24H,18H2,(H2,28,33)/b3-1-,4-2-,13-7-,15-12-,16-8-,29-19-. The molecule has 35 heavy (non-hydrogen) atoms. The maximum atomic E-state index is 12.1. The summed E-state index contributed by atoms with van der Waals surface area (Å²) in [5, 5.41) is 2.05. The second-order valence-electron chi connectivity index (χ2n) is 7.80. The van der Waals surface area contributed by atoms with E-state index in [2.05, 4.69) is 4.99 Å². The molecule has 1 amide bonds. The molecule has 2 aliphatic rings. The molecule has 0 saturated heterocycles. The molecule has 4 heterocycles. The second kappa shape index (κ2) is 9.96. The third-order valence-corrected chi connectivity index (χ3v) is 5.52. The van der Waals surface area contributed by atoms with Crippen molar-refractivity contribution in [1.82, 2.24) is 14.5 Å². The summed E-state index contributed by atoms with van der Waals surface area (Å²) in [4.78, 5) is 22.7. The zero-order chi connectivity index (χ0) is 24.0. The van der Waals surface area contributed by atoms with Crippen LogP contribution in [-0.2, 0) is 9.53 Å². The van der Waals surface area contributed by atoms with Gasteiger partial charge in [0.15, 0.2) is 6.40 Å². The number of aliphatic imine (C=N–C) groups is 1. The van der Waals surface area contributed by atoms with Gasteiger partial charge in [0.05, 0.1) is 18.3 Å². The van der Waals surface area contributed by atoms with E-state index in [9.17, 15) is 4.79 Å². The van der Waals surface area contributed by atoms with E-state index in [0.29, 0.717) is 18.2 Å². The first-order valence-electron chi connectivity index (χ1n) is 11.0. The number of para-hydroxylation sites is 1. The highest BCUT2D eigenvalue weighted by molar-refractivity contribution is 6.07. The molecule has 0 aliphatic carbocycles. The van der Waals surface area contributed by atoms with Gasteiger partial charge in [-0.2, -0.15) is 0 Å². The number of carbonyl (C=O) groups is 1. The van der Waals surface area contributed by atoms with Gasteiger partial charge < -0.3 is 24.7 Å². The number of rotatable bonds is 1. The van der Waals surface area contributed by atoms with Crippen molar-refractivity contribution in [2.45, 2.75) is 6.04 Å². The largest absolute Gasteiger partial charge is 0.453 e. The minimum Gasteiger partial charge on any atom is -0.453 e. The highest BCUT2D eigenvalue weighted by Gasteiger charge is 2.29. The third-order valence-electron chi connectivity index (χ3n) is 5.52. The number of allylic oxidation sites excluding steroid dienone is 6. The highest BCUT2D eigenvalue weighted by atomic mass is 16.5. The Balaban J connectivity index is 1.61. The van der Waals surface area contributed by atoms with Crippen molar-refractivity contribution < 1.29 is 14.3 Å². The fraction of sp³-hybridized carbons (Fsp3) is 0.0741. The van der Waals surface area contributed by atoms with Gasteiger partial charge in [-0.1, -0.05) is 42.5 Å². The molecule has 0 spiro atoms. The summed E-state index contributed by atoms with van der Waals surface area (Å²) in [5.41, 5.74) is 7.28. The van der Waals surface area contributed by atoms with Gasteiger partial charge in [0.25, 0.3) is 0 Å². The first-order valence-corrected chi connectivity index (χ1v) is 11.0. The number of primary amides is 1. The van der Waals surface area contributed by atoms with Crippen LogP contribution in [0.25, 0.3) is 28.0 Å². The number of aromatic nitrogens is 2. The molecule has 8 heteroatoms. The van der Waals surface area contributed by atoms with Crippen molar-refractivity contribution in [1.29, 1.82) is 0 Å². The molecular formula is C27H23N5O3. The van der Waals surface area contributed by atoms with Crippen LogP contribution in [0.3, 0.4) is 0 Å². The van der Waals surface area contributed by atoms with Crippen LogP contribution in [0.2, 0.25) is 0 Å². The van der Waals surface area contributed by atoms with Gasteiger partial charge in [0.1, 0.15) is 17.3 Å². The average molecular weight is 466 g/mol. The molecule has 3 aromatic rings. The number of hydrogen-bond donors (Lipinski definition) is 1. The molecule has 2 aromatic heterocycles. The van der Waals surface area contributed by atoms with E-state index in [4.69, 9.17) is 20.2 Å². The van der Waals surface area contributed by atoms with Crippen molar-refractivity contribution in [3.05, 3.63) is 103 Å². The van der Waals surface area contributed by atoms with E-state index in [0.717, 1.165) is 21.8 Å². The summed E-state index contributed by atoms with van der Waals surface area (Å²) in [6.45, 7) is 0.334. The highest BCUT2D eigenvalue weighted by Crippen LogP contribution is 2.33. The summed E-state index contributed by atoms with van der Waals surface area (Å²) in [7, 11) is 0. The number of nitrogens with zero attached hydrogens (tertiary/aromatic N) is 4. The molecule has 0 radical (unpaired) electrons. The van der Waals surface area contributed by atoms with E-state index in [-0.39, 0.29) is 0 Å². The second-order valence-corrected chi connectivity index (χ2v) is 7.80. The number of nitrogens with two attached hydrogens (primary N) is 1. The Kier molecular flexibility index (Phi) is 6.25. The molecule has 174 valence electrons. The van der Waals surface area contributed by atoms with Gasteiger partial charge in [-0.25, -0.2) is 9.98 Å². The number of hydrogen-bond acceptors (Lipinski definition) is 6. The van der Waals surface area contributed by atoms with E-state index in [1.54, 1.807) is 23.3 Å². The first kappa shape index (κ1) is 22.0. The van der Waals surface area contributed by atoms with Crippen molar-refractivity contribution in [3.8, 4) is 5.88 Å². The topological polar surface area (TPSA) is 95.0 Å². The Morgan fingerprint density at radius 2 is 1.83 bits per heavy atom. The zero-order valence-electron chi connectivity index (χ0n) is 18.8. The average Bonchev–Trinajstić information content (AvgIpc) is 3.46. The van der Waals surface area contributed by atoms with E-state index < -0.39 is 11.9 Å². The Morgan fingerprint density at radius 3 is 2.71 bits per heavy atom. The summed E-state index contributed by atoms with van der Waals surface area (Å²) in [6, 6.07) is 9.31. The fourth-order valence-corrected chi connectivity index (χ4v) is 3.95. The van der Waals surface area contributed by atoms with Gasteiger partial charge in [-0.3, -0.25) is 4.79 Å². The molecule has 2 N–H and O–H groups in total. The van der Waals surface area contributed by atoms with Crippen LogP contribution in [0.15, 0.2) is 108 Å². The normalized spacial score (nSPS) is 23.5. The number of carbonyl (C=O) groups excluding carboxylic acids is 1. The van der Waals surface area contributed by atoms with Crippen LogP contribution in [-0.4, -0.2) is 39.3 Å². The summed E-state index contributed by atoms with van der Waals surface area (Å²) < 4.78 is 13.5. The van der Waals surface area contributed by atoms with Crippen LogP contribution in [0.4, 0.5) is 0 Å². The molecular weight excluding hydrogens is 442 g/mol. The van der Waals surface area contributed by atoms with E-state index in [1.165, 1.54) is 18.9 Å². The van der Waals surface area contributed by atoms with Crippen molar-refractivity contribution >= 4 is 40.3 Å². The summed E-state index contributed by atoms with van der Waals surface area (Å²) >= 11 is 0. The maximum Gasteiger partial charge on any atom is 0.244 e. The maximum absolute atomic E-state index is 12.1. The lowest BCUT2D eigenvalue weighted by Gasteiger charge is -2.19. The Labute approximate surface area is 202 Å². The molecule has 2 aliphatic heterocycles. The molecule has 0 saturated carbocycles. The Hall–Kier alpha value is -4.85. The predicted molar refractivity (Wildman–Crippen MR) is 137 cm³/mol. The first-order chi connectivity index (χ1) is 17.2. The van der Waals surface area contributed by atoms with Crippen molar-refractivity contribution in [2.24, 2.45) is 10.7 Å². The van der Waals surface area contributed by atoms with Gasteiger partial charge in [0, 0.05) is 35.6 Å². The Bertz CT molecular complexity index is 1470. The minimum atomic E-state index is -0.663. The van der Waals surface area contributed by atoms with Crippen LogP contribution < -0.4 is 10.5 Å². The van der Waals surface area contributed by atoms with Crippen LogP contribution in [0, 0.1) is 0 Å². The lowest BCUT2D eigenvalue weighted by Crippen LogP contribution is -2.37. The SMILES string of the molecule is NC(=O)C1C=C2CN1/C=C\N=C/O\C=C/C=C\C=C/C=C\n1ccc3c4ccccc4nc(c31)O2. The fourth-order valence-electron chi connectivity index (χ4n) is 3.95. The summed E-state index contributed by atoms with van der Waals surface area (Å²) in [5.74, 6) is 0.529. The lowest BCUT2D eigenvalue weighted by atomic mass is 10.1. The molecule has 1 aromatic carbocycles. The van der Waals surface area contributed by atoms with Crippen LogP contribution in [0.1, 0.15) is 0 Å². The van der Waals surface area contributed by atoms with E-state index >= 15 is 0 Å². The molecule has 5 rings (SSSR count). The van der Waals surface area contributed by atoms with Crippen molar-refractivity contribution in [2.75, 3.05) is 6.54 Å². The van der Waals surface area contributed by atoms with Gasteiger partial charge in [-0.15, -0.1) is 0 Å². The minimum absolute atomic E-state index is 0.334. The number of ether oxygens (including phenoxy) is 2. The summed E-state index contributed by atoms with van der Waals surface area (Å²) in [6.07, 6.45) is 22.9. The van der Waals surface area contributed by atoms with Crippen molar-refractivity contribution in [3.63, 3.8) is 0 Å². The monoisotopic (exact) mass is 465 g/mol. The van der Waals surface area contributed by atoms with Gasteiger partial charge in [-0.05, 0) is 30.4 Å². The van der Waals surface area contributed by atoms with Crippen LogP contribution in [0.5, 0.6) is 5.88 Å².